The Morgan fingerprint density at radius 1 is 1.32 bits per heavy atom. The average Bonchev–Trinajstić information content (AvgIpc) is 2.23. The highest BCUT2D eigenvalue weighted by Gasteiger charge is 2.34. The molecule has 106 valence electrons. The highest BCUT2D eigenvalue weighted by Crippen LogP contribution is 2.35. The number of rotatable bonds is 4. The molecule has 0 amide bonds. The summed E-state index contributed by atoms with van der Waals surface area (Å²) in [5, 5.41) is 3.04. The van der Waals surface area contributed by atoms with Gasteiger partial charge in [0.05, 0.1) is 11.8 Å². The Kier molecular flexibility index (Phi) is 4.25. The predicted octanol–water partition coefficient (Wildman–Crippen LogP) is 3.94. The van der Waals surface area contributed by atoms with Crippen molar-refractivity contribution in [2.45, 2.75) is 31.3 Å². The number of ether oxygens (including phenoxy) is 2. The van der Waals surface area contributed by atoms with Crippen LogP contribution in [0.5, 0.6) is 5.75 Å². The molecule has 0 saturated heterocycles. The molecule has 0 spiro atoms. The molecule has 1 aromatic carbocycles. The van der Waals surface area contributed by atoms with Gasteiger partial charge >= 0.3 is 6.36 Å². The molecule has 1 aliphatic carbocycles. The van der Waals surface area contributed by atoms with Crippen LogP contribution in [-0.4, -0.2) is 25.6 Å². The van der Waals surface area contributed by atoms with Crippen LogP contribution in [0.25, 0.3) is 0 Å². The number of hydrogen-bond donors (Lipinski definition) is 1. The zero-order chi connectivity index (χ0) is 14.0. The summed E-state index contributed by atoms with van der Waals surface area (Å²) < 4.78 is 46.6. The summed E-state index contributed by atoms with van der Waals surface area (Å²) in [5.41, 5.74) is 0.333. The number of nitrogens with one attached hydrogen (secondary N) is 1. The number of anilines is 1. The van der Waals surface area contributed by atoms with E-state index in [-0.39, 0.29) is 17.9 Å². The topological polar surface area (TPSA) is 30.5 Å². The van der Waals surface area contributed by atoms with Crippen molar-refractivity contribution in [1.82, 2.24) is 0 Å². The molecule has 0 bridgehead atoms. The quantitative estimate of drug-likeness (QED) is 0.901. The lowest BCUT2D eigenvalue weighted by Crippen LogP contribution is -2.40. The van der Waals surface area contributed by atoms with Gasteiger partial charge in [-0.05, 0) is 31.0 Å². The van der Waals surface area contributed by atoms with Gasteiger partial charge in [0, 0.05) is 17.6 Å². The van der Waals surface area contributed by atoms with Crippen LogP contribution >= 0.6 is 15.9 Å². The molecule has 1 N–H and O–H groups in total. The third-order valence-electron chi connectivity index (χ3n) is 2.96. The Labute approximate surface area is 117 Å². The lowest BCUT2D eigenvalue weighted by atomic mass is 9.89. The fourth-order valence-electron chi connectivity index (χ4n) is 1.92. The van der Waals surface area contributed by atoms with Crippen molar-refractivity contribution < 1.29 is 22.6 Å². The summed E-state index contributed by atoms with van der Waals surface area (Å²) in [5.74, 6) is -0.234. The minimum Gasteiger partial charge on any atom is -0.404 e. The first kappa shape index (κ1) is 14.5. The normalized spacial score (nSPS) is 22.8. The fourth-order valence-corrected chi connectivity index (χ4v) is 2.26. The molecule has 0 radical (unpaired) electrons. The van der Waals surface area contributed by atoms with Crippen LogP contribution in [0.2, 0.25) is 0 Å². The van der Waals surface area contributed by atoms with Crippen LogP contribution in [0.15, 0.2) is 22.7 Å². The molecule has 1 fully saturated rings. The molecule has 0 unspecified atom stereocenters. The lowest BCUT2D eigenvalue weighted by Gasteiger charge is -2.35. The van der Waals surface area contributed by atoms with Crippen LogP contribution in [0.3, 0.4) is 0 Å². The molecule has 0 aromatic heterocycles. The predicted molar refractivity (Wildman–Crippen MR) is 68.3 cm³/mol. The van der Waals surface area contributed by atoms with Crippen LogP contribution in [0.4, 0.5) is 18.9 Å². The zero-order valence-electron chi connectivity index (χ0n) is 10.1. The van der Waals surface area contributed by atoms with Gasteiger partial charge in [0.25, 0.3) is 0 Å². The fraction of sp³-hybridized carbons (Fsp3) is 0.500. The summed E-state index contributed by atoms with van der Waals surface area (Å²) in [7, 11) is 1.62. The average molecular weight is 340 g/mol. The number of benzene rings is 1. The summed E-state index contributed by atoms with van der Waals surface area (Å²) in [6.45, 7) is 0. The van der Waals surface area contributed by atoms with E-state index in [0.29, 0.717) is 10.2 Å². The molecule has 2 rings (SSSR count). The lowest BCUT2D eigenvalue weighted by molar-refractivity contribution is -0.274. The van der Waals surface area contributed by atoms with Crippen molar-refractivity contribution in [1.29, 1.82) is 0 Å². The molecule has 0 atom stereocenters. The highest BCUT2D eigenvalue weighted by atomic mass is 79.9. The molecule has 7 heteroatoms. The van der Waals surface area contributed by atoms with E-state index in [1.165, 1.54) is 6.07 Å². The minimum atomic E-state index is -4.70. The highest BCUT2D eigenvalue weighted by molar-refractivity contribution is 9.10. The Bertz CT molecular complexity index is 447. The second-order valence-corrected chi connectivity index (χ2v) is 5.27. The molecule has 1 aromatic rings. The van der Waals surface area contributed by atoms with Crippen molar-refractivity contribution in [3.8, 4) is 5.75 Å². The minimum absolute atomic E-state index is 0.113. The second kappa shape index (κ2) is 5.58. The first-order valence-corrected chi connectivity index (χ1v) is 6.51. The first-order valence-electron chi connectivity index (χ1n) is 5.72. The van der Waals surface area contributed by atoms with Crippen LogP contribution in [0, 0.1) is 0 Å². The monoisotopic (exact) mass is 339 g/mol. The third-order valence-corrected chi connectivity index (χ3v) is 3.45. The van der Waals surface area contributed by atoms with Crippen LogP contribution < -0.4 is 10.1 Å². The van der Waals surface area contributed by atoms with E-state index in [2.05, 4.69) is 26.0 Å². The number of halogens is 4. The summed E-state index contributed by atoms with van der Waals surface area (Å²) >= 11 is 3.13. The third kappa shape index (κ3) is 4.01. The Balaban J connectivity index is 2.07. The second-order valence-electron chi connectivity index (χ2n) is 4.36. The van der Waals surface area contributed by atoms with E-state index < -0.39 is 6.36 Å². The van der Waals surface area contributed by atoms with Crippen molar-refractivity contribution in [3.63, 3.8) is 0 Å². The van der Waals surface area contributed by atoms with Gasteiger partial charge in [0.2, 0.25) is 0 Å². The molecule has 0 aliphatic heterocycles. The van der Waals surface area contributed by atoms with E-state index in [9.17, 15) is 13.2 Å². The van der Waals surface area contributed by atoms with Gasteiger partial charge in [-0.15, -0.1) is 13.2 Å². The maximum atomic E-state index is 12.3. The Morgan fingerprint density at radius 2 is 2.00 bits per heavy atom. The van der Waals surface area contributed by atoms with E-state index in [4.69, 9.17) is 4.74 Å². The van der Waals surface area contributed by atoms with Crippen molar-refractivity contribution >= 4 is 21.6 Å². The number of alkyl halides is 3. The molecular weight excluding hydrogens is 327 g/mol. The van der Waals surface area contributed by atoms with Gasteiger partial charge in [-0.25, -0.2) is 0 Å². The molecule has 3 nitrogen and oxygen atoms in total. The molecule has 1 saturated carbocycles. The number of hydrogen-bond acceptors (Lipinski definition) is 3. The van der Waals surface area contributed by atoms with Crippen LogP contribution in [0.1, 0.15) is 12.8 Å². The summed E-state index contributed by atoms with van der Waals surface area (Å²) in [4.78, 5) is 0. The standard InChI is InChI=1S/C12H13BrF3NO2/c1-18-9-5-8(6-9)17-10-3-2-7(13)4-11(10)19-12(14,15)16/h2-4,8-9,17H,5-6H2,1H3. The summed E-state index contributed by atoms with van der Waals surface area (Å²) in [6, 6.07) is 4.63. The maximum Gasteiger partial charge on any atom is 0.573 e. The smallest absolute Gasteiger partial charge is 0.404 e. The van der Waals surface area contributed by atoms with Gasteiger partial charge in [-0.2, -0.15) is 0 Å². The number of methoxy groups -OCH3 is 1. The van der Waals surface area contributed by atoms with Gasteiger partial charge < -0.3 is 14.8 Å². The van der Waals surface area contributed by atoms with Crippen molar-refractivity contribution in [2.75, 3.05) is 12.4 Å². The van der Waals surface area contributed by atoms with Gasteiger partial charge in [0.1, 0.15) is 0 Å². The summed E-state index contributed by atoms with van der Waals surface area (Å²) in [6.07, 6.45) is -2.97. The van der Waals surface area contributed by atoms with Crippen molar-refractivity contribution in [3.05, 3.63) is 22.7 Å². The van der Waals surface area contributed by atoms with Crippen molar-refractivity contribution in [2.24, 2.45) is 0 Å². The SMILES string of the molecule is COC1CC(Nc2ccc(Br)cc2OC(F)(F)F)C1. The van der Waals surface area contributed by atoms with Crippen LogP contribution in [-0.2, 0) is 4.74 Å². The van der Waals surface area contributed by atoms with Gasteiger partial charge in [-0.1, -0.05) is 15.9 Å². The van der Waals surface area contributed by atoms with Gasteiger partial charge in [0.15, 0.2) is 5.75 Å². The largest absolute Gasteiger partial charge is 0.573 e. The van der Waals surface area contributed by atoms with E-state index in [1.54, 1.807) is 19.2 Å². The molecular formula is C12H13BrF3NO2. The first-order chi connectivity index (χ1) is 8.87. The molecule has 0 heterocycles. The Hall–Kier alpha value is -0.950. The molecule has 1 aliphatic rings. The van der Waals surface area contributed by atoms with E-state index in [0.717, 1.165) is 12.8 Å². The van der Waals surface area contributed by atoms with Gasteiger partial charge in [-0.3, -0.25) is 0 Å². The van der Waals surface area contributed by atoms with E-state index >= 15 is 0 Å². The molecule has 19 heavy (non-hydrogen) atoms. The maximum absolute atomic E-state index is 12.3. The Morgan fingerprint density at radius 3 is 2.58 bits per heavy atom. The van der Waals surface area contributed by atoms with E-state index in [1.807, 2.05) is 0 Å². The zero-order valence-corrected chi connectivity index (χ0v) is 11.7.